The monoisotopic (exact) mass is 331 g/mol. The van der Waals surface area contributed by atoms with Crippen molar-refractivity contribution in [2.75, 3.05) is 6.54 Å². The number of aromatic nitrogens is 1. The van der Waals surface area contributed by atoms with Crippen LogP contribution >= 0.6 is 12.2 Å². The van der Waals surface area contributed by atoms with Crippen LogP contribution in [0.3, 0.4) is 0 Å². The Kier molecular flexibility index (Phi) is 6.05. The molecule has 6 heteroatoms. The van der Waals surface area contributed by atoms with Gasteiger partial charge in [-0.15, -0.1) is 0 Å². The fraction of sp³-hybridized carbons (Fsp3) is 0.176. The maximum absolute atomic E-state index is 13.2. The van der Waals surface area contributed by atoms with E-state index >= 15 is 0 Å². The van der Waals surface area contributed by atoms with Crippen molar-refractivity contribution in [2.24, 2.45) is 0 Å². The highest BCUT2D eigenvalue weighted by Crippen LogP contribution is 2.23. The van der Waals surface area contributed by atoms with Crippen LogP contribution in [0.25, 0.3) is 0 Å². The van der Waals surface area contributed by atoms with E-state index in [-0.39, 0.29) is 5.82 Å². The molecule has 23 heavy (non-hydrogen) atoms. The van der Waals surface area contributed by atoms with Crippen LogP contribution in [0.5, 0.6) is 11.6 Å². The first kappa shape index (κ1) is 16.9. The molecule has 120 valence electrons. The number of nitrogens with one attached hydrogen (secondary N) is 2. The molecule has 0 aliphatic heterocycles. The van der Waals surface area contributed by atoms with Gasteiger partial charge in [0.25, 0.3) is 0 Å². The number of benzene rings is 1. The van der Waals surface area contributed by atoms with Gasteiger partial charge in [0.05, 0.1) is 0 Å². The molecular formula is C17H18FN3OS. The lowest BCUT2D eigenvalue weighted by Crippen LogP contribution is -2.35. The molecule has 0 spiro atoms. The van der Waals surface area contributed by atoms with Crippen molar-refractivity contribution in [2.45, 2.75) is 13.5 Å². The van der Waals surface area contributed by atoms with E-state index in [9.17, 15) is 4.39 Å². The first-order valence-corrected chi connectivity index (χ1v) is 7.49. The Morgan fingerprint density at radius 2 is 2.13 bits per heavy atom. The van der Waals surface area contributed by atoms with Gasteiger partial charge in [0.15, 0.2) is 5.11 Å². The summed E-state index contributed by atoms with van der Waals surface area (Å²) in [4.78, 5) is 4.19. The molecule has 2 N–H and O–H groups in total. The van der Waals surface area contributed by atoms with Gasteiger partial charge in [-0.2, -0.15) is 0 Å². The van der Waals surface area contributed by atoms with Crippen molar-refractivity contribution in [3.8, 4) is 11.6 Å². The van der Waals surface area contributed by atoms with E-state index in [2.05, 4.69) is 22.2 Å². The highest BCUT2D eigenvalue weighted by atomic mass is 32.1. The second-order valence-corrected chi connectivity index (χ2v) is 5.43. The van der Waals surface area contributed by atoms with Crippen LogP contribution in [-0.2, 0) is 6.54 Å². The maximum Gasteiger partial charge on any atom is 0.224 e. The molecule has 1 aromatic heterocycles. The molecule has 0 aliphatic rings. The predicted molar refractivity (Wildman–Crippen MR) is 93.0 cm³/mol. The van der Waals surface area contributed by atoms with E-state index in [1.165, 1.54) is 12.1 Å². The van der Waals surface area contributed by atoms with Gasteiger partial charge in [-0.3, -0.25) is 0 Å². The number of nitrogens with zero attached hydrogens (tertiary/aromatic N) is 1. The molecule has 0 saturated heterocycles. The second-order valence-electron chi connectivity index (χ2n) is 5.02. The number of hydrogen-bond acceptors (Lipinski definition) is 3. The van der Waals surface area contributed by atoms with Crippen molar-refractivity contribution < 1.29 is 9.13 Å². The normalized spacial score (nSPS) is 10.0. The average Bonchev–Trinajstić information content (AvgIpc) is 2.52. The molecule has 2 rings (SSSR count). The number of pyridine rings is 1. The highest BCUT2D eigenvalue weighted by molar-refractivity contribution is 7.80. The highest BCUT2D eigenvalue weighted by Gasteiger charge is 2.07. The molecule has 0 bridgehead atoms. The van der Waals surface area contributed by atoms with Gasteiger partial charge in [-0.05, 0) is 37.3 Å². The molecule has 0 radical (unpaired) electrons. The third kappa shape index (κ3) is 5.67. The van der Waals surface area contributed by atoms with E-state index < -0.39 is 0 Å². The van der Waals surface area contributed by atoms with Crippen molar-refractivity contribution in [3.63, 3.8) is 0 Å². The van der Waals surface area contributed by atoms with Crippen molar-refractivity contribution >= 4 is 17.3 Å². The minimum Gasteiger partial charge on any atom is -0.439 e. The number of rotatable bonds is 6. The average molecular weight is 331 g/mol. The van der Waals surface area contributed by atoms with Gasteiger partial charge in [0.2, 0.25) is 5.88 Å². The molecule has 1 aromatic carbocycles. The standard InChI is InChI=1S/C17H18FN3OS/c1-12(2)10-20-17(23)21-11-13-5-4-8-19-16(13)22-15-7-3-6-14(18)9-15/h3-9H,1,10-11H2,2H3,(H2,20,21,23). The van der Waals surface area contributed by atoms with Gasteiger partial charge < -0.3 is 15.4 Å². The number of ether oxygens (including phenoxy) is 1. The topological polar surface area (TPSA) is 46.2 Å². The minimum atomic E-state index is -0.358. The van der Waals surface area contributed by atoms with E-state index in [0.29, 0.717) is 29.8 Å². The number of hydrogen-bond donors (Lipinski definition) is 2. The van der Waals surface area contributed by atoms with Crippen molar-refractivity contribution in [1.29, 1.82) is 0 Å². The zero-order valence-corrected chi connectivity index (χ0v) is 13.6. The van der Waals surface area contributed by atoms with Crippen molar-refractivity contribution in [1.82, 2.24) is 15.6 Å². The van der Waals surface area contributed by atoms with Crippen LogP contribution in [0, 0.1) is 5.82 Å². The Morgan fingerprint density at radius 3 is 2.87 bits per heavy atom. The van der Waals surface area contributed by atoms with Crippen LogP contribution in [0.15, 0.2) is 54.7 Å². The lowest BCUT2D eigenvalue weighted by Gasteiger charge is -2.13. The van der Waals surface area contributed by atoms with Crippen LogP contribution in [0.4, 0.5) is 4.39 Å². The fourth-order valence-electron chi connectivity index (χ4n) is 1.76. The third-order valence-corrected chi connectivity index (χ3v) is 3.14. The minimum absolute atomic E-state index is 0.358. The quantitative estimate of drug-likeness (QED) is 0.626. The largest absolute Gasteiger partial charge is 0.439 e. The van der Waals surface area contributed by atoms with Gasteiger partial charge >= 0.3 is 0 Å². The summed E-state index contributed by atoms with van der Waals surface area (Å²) in [5.74, 6) is 0.449. The Morgan fingerprint density at radius 1 is 1.30 bits per heavy atom. The predicted octanol–water partition coefficient (Wildman–Crippen LogP) is 3.55. The first-order chi connectivity index (χ1) is 11.0. The lowest BCUT2D eigenvalue weighted by molar-refractivity contribution is 0.451. The summed E-state index contributed by atoms with van der Waals surface area (Å²) in [6.07, 6.45) is 1.62. The first-order valence-electron chi connectivity index (χ1n) is 7.08. The summed E-state index contributed by atoms with van der Waals surface area (Å²) in [6.45, 7) is 6.78. The molecular weight excluding hydrogens is 313 g/mol. The van der Waals surface area contributed by atoms with Crippen LogP contribution in [-0.4, -0.2) is 16.6 Å². The molecule has 0 atom stereocenters. The van der Waals surface area contributed by atoms with Gasteiger partial charge in [-0.1, -0.05) is 24.3 Å². The summed E-state index contributed by atoms with van der Waals surface area (Å²) in [5, 5.41) is 6.64. The van der Waals surface area contributed by atoms with Crippen molar-refractivity contribution in [3.05, 3.63) is 66.1 Å². The van der Waals surface area contributed by atoms with E-state index in [0.717, 1.165) is 11.1 Å². The molecule has 0 unspecified atom stereocenters. The summed E-state index contributed by atoms with van der Waals surface area (Å²) < 4.78 is 18.9. The summed E-state index contributed by atoms with van der Waals surface area (Å²) in [7, 11) is 0. The van der Waals surface area contributed by atoms with Gasteiger partial charge in [0.1, 0.15) is 11.6 Å². The third-order valence-electron chi connectivity index (χ3n) is 2.85. The summed E-state index contributed by atoms with van der Waals surface area (Å²) in [5.41, 5.74) is 1.81. The summed E-state index contributed by atoms with van der Waals surface area (Å²) in [6, 6.07) is 9.61. The van der Waals surface area contributed by atoms with Gasteiger partial charge in [0, 0.05) is 30.9 Å². The molecule has 4 nitrogen and oxygen atoms in total. The van der Waals surface area contributed by atoms with E-state index in [4.69, 9.17) is 17.0 Å². The molecule has 0 amide bonds. The molecule has 0 fully saturated rings. The second kappa shape index (κ2) is 8.24. The Labute approximate surface area is 140 Å². The Bertz CT molecular complexity index is 706. The fourth-order valence-corrected chi connectivity index (χ4v) is 1.91. The zero-order valence-electron chi connectivity index (χ0n) is 12.8. The molecule has 0 saturated carbocycles. The number of thiocarbonyl (C=S) groups is 1. The molecule has 2 aromatic rings. The van der Waals surface area contributed by atoms with E-state index in [1.807, 2.05) is 13.0 Å². The number of halogens is 1. The van der Waals surface area contributed by atoms with Crippen LogP contribution in [0.1, 0.15) is 12.5 Å². The smallest absolute Gasteiger partial charge is 0.224 e. The SMILES string of the molecule is C=C(C)CNC(=S)NCc1cccnc1Oc1cccc(F)c1. The maximum atomic E-state index is 13.2. The molecule has 0 aliphatic carbocycles. The lowest BCUT2D eigenvalue weighted by atomic mass is 10.2. The van der Waals surface area contributed by atoms with Crippen LogP contribution in [0.2, 0.25) is 0 Å². The zero-order chi connectivity index (χ0) is 16.7. The Balaban J connectivity index is 2.00. The summed E-state index contributed by atoms with van der Waals surface area (Å²) >= 11 is 5.19. The van der Waals surface area contributed by atoms with Gasteiger partial charge in [-0.25, -0.2) is 9.37 Å². The van der Waals surface area contributed by atoms with E-state index in [1.54, 1.807) is 24.4 Å². The Hall–Kier alpha value is -2.47. The molecule has 1 heterocycles. The van der Waals surface area contributed by atoms with Crippen LogP contribution < -0.4 is 15.4 Å².